The Morgan fingerprint density at radius 2 is 1.85 bits per heavy atom. The predicted molar refractivity (Wildman–Crippen MR) is 107 cm³/mol. The van der Waals surface area contributed by atoms with Crippen LogP contribution in [0.5, 0.6) is 0 Å². The number of rotatable bonds is 5. The van der Waals surface area contributed by atoms with Crippen molar-refractivity contribution in [3.8, 4) is 10.6 Å². The third-order valence-corrected chi connectivity index (χ3v) is 5.04. The number of amides is 1. The number of thiazole rings is 1. The maximum Gasteiger partial charge on any atom is 0.224 e. The highest BCUT2D eigenvalue weighted by atomic mass is 32.1. The largest absolute Gasteiger partial charge is 0.326 e. The van der Waals surface area contributed by atoms with Crippen LogP contribution in [0.3, 0.4) is 0 Å². The van der Waals surface area contributed by atoms with Gasteiger partial charge in [-0.15, -0.1) is 11.3 Å². The summed E-state index contributed by atoms with van der Waals surface area (Å²) in [6.45, 7) is 6.44. The highest BCUT2D eigenvalue weighted by Gasteiger charge is 2.18. The van der Waals surface area contributed by atoms with Crippen LogP contribution in [0.2, 0.25) is 0 Å². The molecule has 0 unspecified atom stereocenters. The number of hydrogen-bond donors (Lipinski definition) is 1. The first-order valence-corrected chi connectivity index (χ1v) is 9.55. The Kier molecular flexibility index (Phi) is 5.47. The van der Waals surface area contributed by atoms with Crippen molar-refractivity contribution in [2.45, 2.75) is 39.0 Å². The molecule has 2 heterocycles. The van der Waals surface area contributed by atoms with E-state index in [-0.39, 0.29) is 11.3 Å². The molecule has 1 aromatic carbocycles. The van der Waals surface area contributed by atoms with Gasteiger partial charge in [-0.2, -0.15) is 0 Å². The lowest BCUT2D eigenvalue weighted by molar-refractivity contribution is -0.116. The van der Waals surface area contributed by atoms with E-state index in [0.29, 0.717) is 12.8 Å². The van der Waals surface area contributed by atoms with E-state index in [1.165, 1.54) is 0 Å². The van der Waals surface area contributed by atoms with E-state index in [2.05, 4.69) is 42.1 Å². The summed E-state index contributed by atoms with van der Waals surface area (Å²) in [6.07, 6.45) is 4.57. The summed E-state index contributed by atoms with van der Waals surface area (Å²) in [5.41, 5.74) is 4.02. The first-order valence-electron chi connectivity index (χ1n) is 8.67. The first-order chi connectivity index (χ1) is 12.4. The summed E-state index contributed by atoms with van der Waals surface area (Å²) in [7, 11) is 0. The summed E-state index contributed by atoms with van der Waals surface area (Å²) in [5, 5.41) is 6.03. The number of aromatic nitrogens is 2. The van der Waals surface area contributed by atoms with Crippen molar-refractivity contribution in [1.29, 1.82) is 0 Å². The summed E-state index contributed by atoms with van der Waals surface area (Å²) < 4.78 is 0. The van der Waals surface area contributed by atoms with Crippen LogP contribution in [-0.4, -0.2) is 15.9 Å². The Morgan fingerprint density at radius 1 is 1.12 bits per heavy atom. The van der Waals surface area contributed by atoms with Crippen molar-refractivity contribution in [3.05, 3.63) is 65.4 Å². The van der Waals surface area contributed by atoms with E-state index < -0.39 is 0 Å². The number of carbonyl (C=O) groups excluding carboxylic acids is 1. The van der Waals surface area contributed by atoms with E-state index in [1.54, 1.807) is 23.7 Å². The second kappa shape index (κ2) is 7.79. The number of nitrogens with zero attached hydrogens (tertiary/aromatic N) is 2. The van der Waals surface area contributed by atoms with Gasteiger partial charge in [0.25, 0.3) is 0 Å². The molecule has 1 amide bonds. The van der Waals surface area contributed by atoms with Crippen molar-refractivity contribution >= 4 is 22.9 Å². The molecule has 3 aromatic rings. The van der Waals surface area contributed by atoms with Crippen LogP contribution < -0.4 is 5.32 Å². The molecule has 0 radical (unpaired) electrons. The van der Waals surface area contributed by atoms with Crippen molar-refractivity contribution in [2.24, 2.45) is 0 Å². The van der Waals surface area contributed by atoms with Crippen LogP contribution in [0, 0.1) is 0 Å². The molecule has 134 valence electrons. The minimum atomic E-state index is -0.0156. The second-order valence-electron chi connectivity index (χ2n) is 7.22. The van der Waals surface area contributed by atoms with Crippen LogP contribution in [0.4, 0.5) is 5.69 Å². The Balaban J connectivity index is 1.61. The highest BCUT2D eigenvalue weighted by molar-refractivity contribution is 7.13. The number of benzene rings is 1. The molecule has 0 saturated carbocycles. The van der Waals surface area contributed by atoms with Gasteiger partial charge in [-0.05, 0) is 35.6 Å². The fraction of sp³-hybridized carbons (Fsp3) is 0.286. The highest BCUT2D eigenvalue weighted by Crippen LogP contribution is 2.29. The molecule has 0 aliphatic carbocycles. The van der Waals surface area contributed by atoms with Crippen LogP contribution in [-0.2, 0) is 16.6 Å². The topological polar surface area (TPSA) is 54.9 Å². The Morgan fingerprint density at radius 3 is 2.58 bits per heavy atom. The Hall–Kier alpha value is -2.53. The lowest BCUT2D eigenvalue weighted by atomic mass is 9.86. The number of anilines is 1. The van der Waals surface area contributed by atoms with Crippen molar-refractivity contribution in [3.63, 3.8) is 0 Å². The molecule has 3 rings (SSSR count). The number of para-hydroxylation sites is 1. The van der Waals surface area contributed by atoms with Crippen molar-refractivity contribution in [1.82, 2.24) is 9.97 Å². The number of pyridine rings is 1. The van der Waals surface area contributed by atoms with Gasteiger partial charge >= 0.3 is 0 Å². The first kappa shape index (κ1) is 18.3. The van der Waals surface area contributed by atoms with Gasteiger partial charge < -0.3 is 5.32 Å². The number of nitrogens with one attached hydrogen (secondary N) is 1. The Labute approximate surface area is 158 Å². The van der Waals surface area contributed by atoms with Crippen LogP contribution in [0.15, 0.2) is 54.2 Å². The molecule has 0 spiro atoms. The molecule has 0 saturated heterocycles. The molecular formula is C21H23N3OS. The molecule has 5 heteroatoms. The van der Waals surface area contributed by atoms with Gasteiger partial charge in [-0.3, -0.25) is 9.78 Å². The quantitative estimate of drug-likeness (QED) is 0.686. The van der Waals surface area contributed by atoms with E-state index in [4.69, 9.17) is 0 Å². The lowest BCUT2D eigenvalue weighted by Crippen LogP contribution is -2.18. The van der Waals surface area contributed by atoms with E-state index in [9.17, 15) is 4.79 Å². The molecular weight excluding hydrogens is 342 g/mol. The molecule has 1 N–H and O–H groups in total. The number of hydrogen-bond acceptors (Lipinski definition) is 4. The molecule has 4 nitrogen and oxygen atoms in total. The maximum absolute atomic E-state index is 12.4. The normalized spacial score (nSPS) is 11.3. The molecule has 0 atom stereocenters. The third kappa shape index (κ3) is 4.55. The average molecular weight is 366 g/mol. The van der Waals surface area contributed by atoms with Gasteiger partial charge in [0.15, 0.2) is 0 Å². The summed E-state index contributed by atoms with van der Waals surface area (Å²) >= 11 is 1.59. The zero-order chi connectivity index (χ0) is 18.6. The molecule has 0 aliphatic heterocycles. The van der Waals surface area contributed by atoms with Crippen molar-refractivity contribution < 1.29 is 4.79 Å². The van der Waals surface area contributed by atoms with Crippen LogP contribution >= 0.6 is 11.3 Å². The number of carbonyl (C=O) groups is 1. The average Bonchev–Trinajstić information content (AvgIpc) is 3.09. The minimum absolute atomic E-state index is 0.0140. The summed E-state index contributed by atoms with van der Waals surface area (Å²) in [5.74, 6) is 0.0140. The second-order valence-corrected chi connectivity index (χ2v) is 8.08. The Bertz CT molecular complexity index is 882. The third-order valence-electron chi connectivity index (χ3n) is 4.10. The standard InChI is InChI=1S/C21H23N3OS/c1-21(2,3)17-6-4-5-7-18(17)24-19(25)9-8-16-14-26-20(23-16)15-10-12-22-13-11-15/h4-7,10-14H,8-9H2,1-3H3,(H,24,25). The van der Waals surface area contributed by atoms with Crippen LogP contribution in [0.25, 0.3) is 10.6 Å². The van der Waals surface area contributed by atoms with E-state index >= 15 is 0 Å². The smallest absolute Gasteiger partial charge is 0.224 e. The van der Waals surface area contributed by atoms with Gasteiger partial charge in [-0.25, -0.2) is 4.98 Å². The zero-order valence-corrected chi connectivity index (χ0v) is 16.1. The molecule has 2 aromatic heterocycles. The molecule has 26 heavy (non-hydrogen) atoms. The predicted octanol–water partition coefficient (Wildman–Crippen LogP) is 5.07. The molecule has 0 bridgehead atoms. The minimum Gasteiger partial charge on any atom is -0.326 e. The zero-order valence-electron chi connectivity index (χ0n) is 15.3. The summed E-state index contributed by atoms with van der Waals surface area (Å²) in [4.78, 5) is 21.1. The number of aryl methyl sites for hydroxylation is 1. The lowest BCUT2D eigenvalue weighted by Gasteiger charge is -2.23. The van der Waals surface area contributed by atoms with Crippen LogP contribution in [0.1, 0.15) is 38.4 Å². The van der Waals surface area contributed by atoms with Gasteiger partial charge in [0.05, 0.1) is 5.69 Å². The fourth-order valence-electron chi connectivity index (χ4n) is 2.75. The fourth-order valence-corrected chi connectivity index (χ4v) is 3.61. The van der Waals surface area contributed by atoms with Gasteiger partial charge in [0.2, 0.25) is 5.91 Å². The summed E-state index contributed by atoms with van der Waals surface area (Å²) in [6, 6.07) is 11.9. The molecule has 0 aliphatic rings. The van der Waals surface area contributed by atoms with Gasteiger partial charge in [-0.1, -0.05) is 39.0 Å². The monoisotopic (exact) mass is 365 g/mol. The van der Waals surface area contributed by atoms with Gasteiger partial charge in [0.1, 0.15) is 5.01 Å². The van der Waals surface area contributed by atoms with Crippen molar-refractivity contribution in [2.75, 3.05) is 5.32 Å². The SMILES string of the molecule is CC(C)(C)c1ccccc1NC(=O)CCc1csc(-c2ccncc2)n1. The van der Waals surface area contributed by atoms with E-state index in [1.807, 2.05) is 35.7 Å². The van der Waals surface area contributed by atoms with Gasteiger partial charge in [0, 0.05) is 35.4 Å². The maximum atomic E-state index is 12.4. The molecule has 0 fully saturated rings. The van der Waals surface area contributed by atoms with E-state index in [0.717, 1.165) is 27.5 Å².